The highest BCUT2D eigenvalue weighted by atomic mass is 32.1. The predicted octanol–water partition coefficient (Wildman–Crippen LogP) is 4.89. The SMILES string of the molecule is CCCNC(=S)N(Cc1cccs1)c1ccc(N(CC)CC)cc1. The lowest BCUT2D eigenvalue weighted by molar-refractivity contribution is 0.826. The van der Waals surface area contributed by atoms with E-state index in [1.807, 2.05) is 0 Å². The Morgan fingerprint density at radius 2 is 1.71 bits per heavy atom. The van der Waals surface area contributed by atoms with Crippen molar-refractivity contribution in [2.24, 2.45) is 0 Å². The van der Waals surface area contributed by atoms with Crippen molar-refractivity contribution in [3.8, 4) is 0 Å². The molecule has 5 heteroatoms. The molecule has 2 aromatic rings. The molecule has 0 saturated carbocycles. The van der Waals surface area contributed by atoms with E-state index in [9.17, 15) is 0 Å². The van der Waals surface area contributed by atoms with Gasteiger partial charge in [0.2, 0.25) is 0 Å². The van der Waals surface area contributed by atoms with Crippen LogP contribution in [0.2, 0.25) is 0 Å². The van der Waals surface area contributed by atoms with Gasteiger partial charge in [0.1, 0.15) is 0 Å². The number of nitrogens with zero attached hydrogens (tertiary/aromatic N) is 2. The molecule has 0 fully saturated rings. The van der Waals surface area contributed by atoms with Gasteiger partial charge in [0, 0.05) is 35.9 Å². The second kappa shape index (κ2) is 9.64. The van der Waals surface area contributed by atoms with Crippen LogP contribution in [0.25, 0.3) is 0 Å². The zero-order valence-corrected chi connectivity index (χ0v) is 16.4. The Kier molecular flexibility index (Phi) is 7.53. The van der Waals surface area contributed by atoms with Gasteiger partial charge in [0.05, 0.1) is 6.54 Å². The van der Waals surface area contributed by atoms with Gasteiger partial charge in [-0.3, -0.25) is 0 Å². The molecular formula is C19H27N3S2. The molecular weight excluding hydrogens is 334 g/mol. The van der Waals surface area contributed by atoms with E-state index in [0.717, 1.165) is 43.4 Å². The fourth-order valence-electron chi connectivity index (χ4n) is 2.60. The van der Waals surface area contributed by atoms with E-state index in [-0.39, 0.29) is 0 Å². The number of benzene rings is 1. The molecule has 0 aliphatic carbocycles. The highest BCUT2D eigenvalue weighted by molar-refractivity contribution is 7.80. The summed E-state index contributed by atoms with van der Waals surface area (Å²) in [6, 6.07) is 13.0. The third kappa shape index (κ3) is 4.95. The fourth-order valence-corrected chi connectivity index (χ4v) is 3.56. The second-order valence-electron chi connectivity index (χ2n) is 5.59. The number of hydrogen-bond donors (Lipinski definition) is 1. The van der Waals surface area contributed by atoms with Gasteiger partial charge in [-0.15, -0.1) is 11.3 Å². The van der Waals surface area contributed by atoms with E-state index in [2.05, 4.69) is 77.7 Å². The molecule has 24 heavy (non-hydrogen) atoms. The minimum Gasteiger partial charge on any atom is -0.372 e. The molecule has 130 valence electrons. The number of rotatable bonds is 8. The van der Waals surface area contributed by atoms with Crippen molar-refractivity contribution < 1.29 is 0 Å². The summed E-state index contributed by atoms with van der Waals surface area (Å²) in [5.74, 6) is 0. The van der Waals surface area contributed by atoms with Gasteiger partial charge in [-0.25, -0.2) is 0 Å². The molecule has 0 unspecified atom stereocenters. The number of anilines is 2. The van der Waals surface area contributed by atoms with E-state index >= 15 is 0 Å². The van der Waals surface area contributed by atoms with E-state index in [1.165, 1.54) is 10.6 Å². The first-order chi connectivity index (χ1) is 11.7. The van der Waals surface area contributed by atoms with Crippen LogP contribution >= 0.6 is 23.6 Å². The molecule has 0 aliphatic rings. The summed E-state index contributed by atoms with van der Waals surface area (Å²) >= 11 is 7.40. The maximum atomic E-state index is 5.64. The van der Waals surface area contributed by atoms with Crippen LogP contribution in [0.3, 0.4) is 0 Å². The Morgan fingerprint density at radius 3 is 2.25 bits per heavy atom. The van der Waals surface area contributed by atoms with E-state index in [4.69, 9.17) is 12.2 Å². The van der Waals surface area contributed by atoms with Gasteiger partial charge in [-0.2, -0.15) is 0 Å². The molecule has 0 amide bonds. The Morgan fingerprint density at radius 1 is 1.04 bits per heavy atom. The lowest BCUT2D eigenvalue weighted by Crippen LogP contribution is -2.39. The van der Waals surface area contributed by atoms with Crippen molar-refractivity contribution in [3.63, 3.8) is 0 Å². The van der Waals surface area contributed by atoms with Crippen molar-refractivity contribution >= 4 is 40.0 Å². The van der Waals surface area contributed by atoms with Crippen LogP contribution in [0.4, 0.5) is 11.4 Å². The molecule has 0 bridgehead atoms. The van der Waals surface area contributed by atoms with E-state index < -0.39 is 0 Å². The van der Waals surface area contributed by atoms with Crippen LogP contribution in [-0.2, 0) is 6.54 Å². The molecule has 1 heterocycles. The highest BCUT2D eigenvalue weighted by Crippen LogP contribution is 2.23. The maximum absolute atomic E-state index is 5.64. The molecule has 1 N–H and O–H groups in total. The standard InChI is InChI=1S/C19H27N3S2/c1-4-13-20-19(23)22(15-18-8-7-14-24-18)17-11-9-16(10-12-17)21(5-2)6-3/h7-12,14H,4-6,13,15H2,1-3H3,(H,20,23). The zero-order valence-electron chi connectivity index (χ0n) is 14.8. The van der Waals surface area contributed by atoms with Crippen LogP contribution in [0.15, 0.2) is 41.8 Å². The van der Waals surface area contributed by atoms with Gasteiger partial charge in [-0.05, 0) is 68.2 Å². The zero-order chi connectivity index (χ0) is 17.4. The Balaban J connectivity index is 2.20. The van der Waals surface area contributed by atoms with Gasteiger partial charge in [0.25, 0.3) is 0 Å². The number of thiocarbonyl (C=S) groups is 1. The second-order valence-corrected chi connectivity index (χ2v) is 7.01. The van der Waals surface area contributed by atoms with Crippen molar-refractivity contribution in [3.05, 3.63) is 46.7 Å². The predicted molar refractivity (Wildman–Crippen MR) is 111 cm³/mol. The van der Waals surface area contributed by atoms with Gasteiger partial charge >= 0.3 is 0 Å². The minimum absolute atomic E-state index is 0.792. The first kappa shape index (κ1) is 18.7. The Hall–Kier alpha value is -1.59. The Labute approximate surface area is 155 Å². The van der Waals surface area contributed by atoms with Gasteiger partial charge < -0.3 is 15.1 Å². The quantitative estimate of drug-likeness (QED) is 0.675. The van der Waals surface area contributed by atoms with Crippen LogP contribution < -0.4 is 15.1 Å². The van der Waals surface area contributed by atoms with Crippen LogP contribution in [0.1, 0.15) is 32.1 Å². The molecule has 1 aromatic heterocycles. The first-order valence-corrected chi connectivity index (χ1v) is 9.91. The van der Waals surface area contributed by atoms with Crippen molar-refractivity contribution in [1.29, 1.82) is 0 Å². The van der Waals surface area contributed by atoms with E-state index in [0.29, 0.717) is 0 Å². The minimum atomic E-state index is 0.792. The molecule has 0 atom stereocenters. The summed E-state index contributed by atoms with van der Waals surface area (Å²) in [5, 5.41) is 6.26. The van der Waals surface area contributed by atoms with Crippen molar-refractivity contribution in [2.75, 3.05) is 29.4 Å². The Bertz CT molecular complexity index is 604. The highest BCUT2D eigenvalue weighted by Gasteiger charge is 2.13. The lowest BCUT2D eigenvalue weighted by Gasteiger charge is -2.27. The number of nitrogens with one attached hydrogen (secondary N) is 1. The summed E-state index contributed by atoms with van der Waals surface area (Å²) in [4.78, 5) is 5.84. The molecule has 2 rings (SSSR count). The monoisotopic (exact) mass is 361 g/mol. The molecule has 0 saturated heterocycles. The largest absolute Gasteiger partial charge is 0.372 e. The number of hydrogen-bond acceptors (Lipinski definition) is 3. The van der Waals surface area contributed by atoms with Crippen LogP contribution in [0, 0.1) is 0 Å². The average Bonchev–Trinajstić information content (AvgIpc) is 3.12. The van der Waals surface area contributed by atoms with E-state index in [1.54, 1.807) is 11.3 Å². The van der Waals surface area contributed by atoms with Gasteiger partial charge in [-0.1, -0.05) is 13.0 Å². The molecule has 0 aliphatic heterocycles. The third-order valence-electron chi connectivity index (χ3n) is 3.96. The molecule has 3 nitrogen and oxygen atoms in total. The topological polar surface area (TPSA) is 18.5 Å². The summed E-state index contributed by atoms with van der Waals surface area (Å²) in [5.41, 5.74) is 2.39. The fraction of sp³-hybridized carbons (Fsp3) is 0.421. The van der Waals surface area contributed by atoms with Crippen molar-refractivity contribution in [2.45, 2.75) is 33.7 Å². The first-order valence-electron chi connectivity index (χ1n) is 8.62. The van der Waals surface area contributed by atoms with Gasteiger partial charge in [0.15, 0.2) is 5.11 Å². The third-order valence-corrected chi connectivity index (χ3v) is 5.18. The molecule has 0 radical (unpaired) electrons. The molecule has 1 aromatic carbocycles. The van der Waals surface area contributed by atoms with Crippen LogP contribution in [-0.4, -0.2) is 24.7 Å². The number of thiophene rings is 1. The lowest BCUT2D eigenvalue weighted by atomic mass is 10.2. The van der Waals surface area contributed by atoms with Crippen LogP contribution in [0.5, 0.6) is 0 Å². The smallest absolute Gasteiger partial charge is 0.173 e. The summed E-state index contributed by atoms with van der Waals surface area (Å²) in [7, 11) is 0. The maximum Gasteiger partial charge on any atom is 0.173 e. The molecule has 0 spiro atoms. The van der Waals surface area contributed by atoms with Crippen molar-refractivity contribution in [1.82, 2.24) is 5.32 Å². The summed E-state index contributed by atoms with van der Waals surface area (Å²) in [6.45, 7) is 10.3. The summed E-state index contributed by atoms with van der Waals surface area (Å²) in [6.07, 6.45) is 1.06. The average molecular weight is 362 g/mol. The normalized spacial score (nSPS) is 10.5. The summed E-state index contributed by atoms with van der Waals surface area (Å²) < 4.78 is 0.